The first-order valence-electron chi connectivity index (χ1n) is 12.3. The van der Waals surface area contributed by atoms with E-state index in [1.165, 1.54) is 30.5 Å². The van der Waals surface area contributed by atoms with E-state index in [-0.39, 0.29) is 6.61 Å². The standard InChI is InChI=1S/C27H41NO6Si/c1-26(2,3)27(25(30)31,34-35(6)7)23(24(29)28(4)32-5)33-18-12-8-9-13-20-16-17-21-14-10-11-15-22(21)19-20/h10-11,14-17,19,23,35H,8-9,12-13,18H2,1-7H3,(H,30,31)/t23-,27+/m0/s1. The van der Waals surface area contributed by atoms with Gasteiger partial charge >= 0.3 is 5.97 Å². The van der Waals surface area contributed by atoms with Crippen molar-refractivity contribution in [2.45, 2.75) is 71.3 Å². The van der Waals surface area contributed by atoms with Gasteiger partial charge in [0.05, 0.1) is 7.11 Å². The van der Waals surface area contributed by atoms with Crippen LogP contribution in [0, 0.1) is 5.41 Å². The number of carboxylic acid groups (broad SMARTS) is 1. The van der Waals surface area contributed by atoms with Crippen molar-refractivity contribution in [1.82, 2.24) is 5.06 Å². The number of aliphatic carboxylic acids is 1. The third-order valence-electron chi connectivity index (χ3n) is 6.24. The fourth-order valence-corrected chi connectivity index (χ4v) is 5.63. The topological polar surface area (TPSA) is 85.3 Å². The average Bonchev–Trinajstić information content (AvgIpc) is 2.80. The summed E-state index contributed by atoms with van der Waals surface area (Å²) in [4.78, 5) is 30.9. The maximum atomic E-state index is 13.2. The first kappa shape index (κ1) is 29.0. The highest BCUT2D eigenvalue weighted by Crippen LogP contribution is 2.40. The Morgan fingerprint density at radius 2 is 1.69 bits per heavy atom. The lowest BCUT2D eigenvalue weighted by atomic mass is 9.72. The summed E-state index contributed by atoms with van der Waals surface area (Å²) in [5.41, 5.74) is -1.45. The van der Waals surface area contributed by atoms with E-state index in [0.717, 1.165) is 24.3 Å². The molecule has 1 amide bonds. The molecule has 7 nitrogen and oxygen atoms in total. The highest BCUT2D eigenvalue weighted by Gasteiger charge is 2.60. The quantitative estimate of drug-likeness (QED) is 0.239. The van der Waals surface area contributed by atoms with Crippen molar-refractivity contribution in [2.24, 2.45) is 5.41 Å². The summed E-state index contributed by atoms with van der Waals surface area (Å²) in [6.07, 6.45) is 2.18. The number of likely N-dealkylation sites (N-methyl/N-ethyl adjacent to an activating group) is 1. The van der Waals surface area contributed by atoms with E-state index in [0.29, 0.717) is 6.42 Å². The molecule has 0 saturated heterocycles. The van der Waals surface area contributed by atoms with Crippen molar-refractivity contribution in [3.63, 3.8) is 0 Å². The Labute approximate surface area is 211 Å². The van der Waals surface area contributed by atoms with Crippen molar-refractivity contribution in [3.05, 3.63) is 48.0 Å². The highest BCUT2D eigenvalue weighted by atomic mass is 28.3. The van der Waals surface area contributed by atoms with Crippen molar-refractivity contribution in [1.29, 1.82) is 0 Å². The summed E-state index contributed by atoms with van der Waals surface area (Å²) < 4.78 is 12.2. The molecule has 8 heteroatoms. The maximum Gasteiger partial charge on any atom is 0.338 e. The molecule has 2 aromatic rings. The smallest absolute Gasteiger partial charge is 0.338 e. The normalized spacial score (nSPS) is 14.6. The van der Waals surface area contributed by atoms with Gasteiger partial charge < -0.3 is 14.3 Å². The van der Waals surface area contributed by atoms with Gasteiger partial charge in [0, 0.05) is 19.1 Å². The van der Waals surface area contributed by atoms with Crippen LogP contribution in [0.1, 0.15) is 45.6 Å². The summed E-state index contributed by atoms with van der Waals surface area (Å²) >= 11 is 0. The molecular formula is C27H41NO6Si. The third-order valence-corrected chi connectivity index (χ3v) is 7.08. The van der Waals surface area contributed by atoms with Crippen LogP contribution in [0.2, 0.25) is 13.1 Å². The summed E-state index contributed by atoms with van der Waals surface area (Å²) in [5.74, 6) is -1.78. The molecule has 35 heavy (non-hydrogen) atoms. The molecule has 0 aliphatic heterocycles. The lowest BCUT2D eigenvalue weighted by Crippen LogP contribution is -2.66. The van der Waals surface area contributed by atoms with Crippen LogP contribution in [0.4, 0.5) is 0 Å². The molecule has 0 fully saturated rings. The second-order valence-electron chi connectivity index (χ2n) is 10.2. The molecule has 2 rings (SSSR count). The molecule has 0 spiro atoms. The first-order valence-corrected chi connectivity index (χ1v) is 15.0. The van der Waals surface area contributed by atoms with E-state index in [1.54, 1.807) is 20.8 Å². The van der Waals surface area contributed by atoms with Crippen LogP contribution in [0.15, 0.2) is 42.5 Å². The zero-order valence-corrected chi connectivity index (χ0v) is 23.3. The number of carbonyl (C=O) groups excluding carboxylic acids is 1. The van der Waals surface area contributed by atoms with Gasteiger partial charge in [-0.1, -0.05) is 69.7 Å². The predicted molar refractivity (Wildman–Crippen MR) is 141 cm³/mol. The molecule has 0 saturated carbocycles. The van der Waals surface area contributed by atoms with E-state index in [1.807, 2.05) is 25.2 Å². The molecule has 0 radical (unpaired) electrons. The molecule has 2 aromatic carbocycles. The van der Waals surface area contributed by atoms with Crippen LogP contribution < -0.4 is 0 Å². The number of amides is 1. The number of rotatable bonds is 13. The number of aryl methyl sites for hydroxylation is 1. The Morgan fingerprint density at radius 3 is 2.26 bits per heavy atom. The Balaban J connectivity index is 2.08. The molecule has 0 aromatic heterocycles. The molecule has 0 heterocycles. The number of ether oxygens (including phenoxy) is 1. The number of benzene rings is 2. The molecule has 0 unspecified atom stereocenters. The van der Waals surface area contributed by atoms with Crippen molar-refractivity contribution in [2.75, 3.05) is 20.8 Å². The minimum atomic E-state index is -1.87. The molecule has 1 N–H and O–H groups in total. The number of carbonyl (C=O) groups is 2. The van der Waals surface area contributed by atoms with Gasteiger partial charge in [-0.2, -0.15) is 0 Å². The Bertz CT molecular complexity index is 989. The van der Waals surface area contributed by atoms with Crippen molar-refractivity contribution >= 4 is 31.7 Å². The summed E-state index contributed by atoms with van der Waals surface area (Å²) in [5, 5.41) is 13.8. The van der Waals surface area contributed by atoms with Crippen LogP contribution in [0.3, 0.4) is 0 Å². The van der Waals surface area contributed by atoms with Crippen LogP contribution in [-0.2, 0) is 30.0 Å². The Morgan fingerprint density at radius 1 is 1.03 bits per heavy atom. The van der Waals surface area contributed by atoms with Gasteiger partial charge in [0.2, 0.25) is 0 Å². The van der Waals surface area contributed by atoms with E-state index in [2.05, 4.69) is 30.3 Å². The predicted octanol–water partition coefficient (Wildman–Crippen LogP) is 4.83. The molecule has 2 atom stereocenters. The molecular weight excluding hydrogens is 462 g/mol. The fraction of sp³-hybridized carbons (Fsp3) is 0.556. The minimum Gasteiger partial charge on any atom is -0.479 e. The number of unbranched alkanes of at least 4 members (excludes halogenated alkanes) is 2. The SMILES string of the molecule is CON(C)C(=O)[C@H](OCCCCCc1ccc2ccccc2c1)[C@@](O[SiH](C)C)(C(=O)O)C(C)(C)C. The number of carboxylic acids is 1. The van der Waals surface area contributed by atoms with Crippen LogP contribution >= 0.6 is 0 Å². The molecule has 0 bridgehead atoms. The first-order chi connectivity index (χ1) is 16.4. The lowest BCUT2D eigenvalue weighted by Gasteiger charge is -2.46. The number of hydroxylamine groups is 2. The second-order valence-corrected chi connectivity index (χ2v) is 12.6. The second kappa shape index (κ2) is 12.6. The van der Waals surface area contributed by atoms with E-state index in [4.69, 9.17) is 14.0 Å². The van der Waals surface area contributed by atoms with Crippen molar-refractivity contribution < 1.29 is 28.7 Å². The number of hydrogen-bond donors (Lipinski definition) is 1. The van der Waals surface area contributed by atoms with Crippen molar-refractivity contribution in [3.8, 4) is 0 Å². The zero-order valence-electron chi connectivity index (χ0n) is 22.2. The van der Waals surface area contributed by atoms with Gasteiger partial charge in [0.25, 0.3) is 5.91 Å². The number of hydrogen-bond acceptors (Lipinski definition) is 5. The Kier molecular flexibility index (Phi) is 10.4. The van der Waals surface area contributed by atoms with Gasteiger partial charge in [-0.15, -0.1) is 0 Å². The maximum absolute atomic E-state index is 13.2. The molecule has 0 aliphatic rings. The van der Waals surface area contributed by atoms with E-state index in [9.17, 15) is 14.7 Å². The average molecular weight is 504 g/mol. The van der Waals surface area contributed by atoms with Gasteiger partial charge in [-0.25, -0.2) is 9.86 Å². The summed E-state index contributed by atoms with van der Waals surface area (Å²) in [7, 11) is 0.942. The monoisotopic (exact) mass is 503 g/mol. The largest absolute Gasteiger partial charge is 0.479 e. The molecule has 0 aliphatic carbocycles. The minimum absolute atomic E-state index is 0.250. The summed E-state index contributed by atoms with van der Waals surface area (Å²) in [6, 6.07) is 14.8. The van der Waals surface area contributed by atoms with E-state index < -0.39 is 38.0 Å². The van der Waals surface area contributed by atoms with Gasteiger partial charge in [0.1, 0.15) is 0 Å². The van der Waals surface area contributed by atoms with Gasteiger partial charge in [-0.3, -0.25) is 9.63 Å². The van der Waals surface area contributed by atoms with Gasteiger partial charge in [0.15, 0.2) is 20.7 Å². The number of nitrogens with zero attached hydrogens (tertiary/aromatic N) is 1. The van der Waals surface area contributed by atoms with Crippen LogP contribution in [-0.4, -0.2) is 63.6 Å². The van der Waals surface area contributed by atoms with Gasteiger partial charge in [-0.05, 0) is 48.7 Å². The molecule has 194 valence electrons. The number of fused-ring (bicyclic) bond motifs is 1. The Hall–Kier alpha value is -2.26. The third kappa shape index (κ3) is 7.13. The highest BCUT2D eigenvalue weighted by molar-refractivity contribution is 6.48. The fourth-order valence-electron chi connectivity index (χ4n) is 4.31. The summed E-state index contributed by atoms with van der Waals surface area (Å²) in [6.45, 7) is 9.31. The van der Waals surface area contributed by atoms with Crippen LogP contribution in [0.25, 0.3) is 10.8 Å². The van der Waals surface area contributed by atoms with E-state index >= 15 is 0 Å². The lowest BCUT2D eigenvalue weighted by molar-refractivity contribution is -0.214. The zero-order chi connectivity index (χ0) is 26.2. The van der Waals surface area contributed by atoms with Crippen LogP contribution in [0.5, 0.6) is 0 Å².